The lowest BCUT2D eigenvalue weighted by Crippen LogP contribution is -2.28. The van der Waals surface area contributed by atoms with Gasteiger partial charge in [0.1, 0.15) is 0 Å². The molecule has 1 saturated heterocycles. The van der Waals surface area contributed by atoms with Crippen LogP contribution in [0.2, 0.25) is 5.02 Å². The van der Waals surface area contributed by atoms with Crippen molar-refractivity contribution < 1.29 is 0 Å². The number of benzene rings is 1. The minimum atomic E-state index is 0.606. The van der Waals surface area contributed by atoms with Gasteiger partial charge in [0.25, 0.3) is 0 Å². The topological polar surface area (TPSA) is 12.0 Å². The van der Waals surface area contributed by atoms with E-state index in [0.717, 1.165) is 23.9 Å². The van der Waals surface area contributed by atoms with Gasteiger partial charge in [0.2, 0.25) is 0 Å². The second kappa shape index (κ2) is 4.33. The van der Waals surface area contributed by atoms with Crippen LogP contribution < -0.4 is 5.32 Å². The number of hydrogen-bond donors (Lipinski definition) is 1. The van der Waals surface area contributed by atoms with E-state index in [2.05, 4.69) is 24.4 Å². The summed E-state index contributed by atoms with van der Waals surface area (Å²) in [7, 11) is 0. The van der Waals surface area contributed by atoms with E-state index >= 15 is 0 Å². The maximum absolute atomic E-state index is 6.12. The molecular weight excluding hydrogens is 194 g/mol. The van der Waals surface area contributed by atoms with Crippen LogP contribution in [0.5, 0.6) is 0 Å². The molecule has 0 aliphatic carbocycles. The van der Waals surface area contributed by atoms with Crippen molar-refractivity contribution in [3.63, 3.8) is 0 Å². The van der Waals surface area contributed by atoms with Gasteiger partial charge in [0, 0.05) is 11.1 Å². The molecular formula is C12H16ClN. The summed E-state index contributed by atoms with van der Waals surface area (Å²) in [5, 5.41) is 4.42. The van der Waals surface area contributed by atoms with Gasteiger partial charge in [-0.05, 0) is 36.9 Å². The summed E-state index contributed by atoms with van der Waals surface area (Å²) < 4.78 is 0. The lowest BCUT2D eigenvalue weighted by Gasteiger charge is -2.16. The SMILES string of the molecule is CC1CCNC1Cc1ccccc1Cl. The Morgan fingerprint density at radius 2 is 2.21 bits per heavy atom. The van der Waals surface area contributed by atoms with E-state index in [0.29, 0.717) is 6.04 Å². The summed E-state index contributed by atoms with van der Waals surface area (Å²) in [5.41, 5.74) is 1.26. The number of hydrogen-bond acceptors (Lipinski definition) is 1. The minimum Gasteiger partial charge on any atom is -0.313 e. The van der Waals surface area contributed by atoms with E-state index in [1.165, 1.54) is 12.0 Å². The molecule has 0 aromatic heterocycles. The molecule has 2 atom stereocenters. The molecule has 1 fully saturated rings. The monoisotopic (exact) mass is 209 g/mol. The van der Waals surface area contributed by atoms with E-state index in [4.69, 9.17) is 11.6 Å². The smallest absolute Gasteiger partial charge is 0.0438 e. The first-order valence-electron chi connectivity index (χ1n) is 5.24. The van der Waals surface area contributed by atoms with Crippen LogP contribution in [0.25, 0.3) is 0 Å². The highest BCUT2D eigenvalue weighted by Crippen LogP contribution is 2.22. The molecule has 1 aliphatic heterocycles. The third kappa shape index (κ3) is 2.10. The molecule has 2 heteroatoms. The van der Waals surface area contributed by atoms with Crippen LogP contribution in [0.3, 0.4) is 0 Å². The molecule has 0 amide bonds. The van der Waals surface area contributed by atoms with Crippen molar-refractivity contribution in [2.45, 2.75) is 25.8 Å². The van der Waals surface area contributed by atoms with Gasteiger partial charge >= 0.3 is 0 Å². The molecule has 1 aromatic carbocycles. The maximum Gasteiger partial charge on any atom is 0.0438 e. The maximum atomic E-state index is 6.12. The molecule has 1 aliphatic rings. The summed E-state index contributed by atoms with van der Waals surface area (Å²) in [6.07, 6.45) is 2.34. The van der Waals surface area contributed by atoms with Gasteiger partial charge < -0.3 is 5.32 Å². The molecule has 0 bridgehead atoms. The average Bonchev–Trinajstić information content (AvgIpc) is 2.56. The molecule has 1 heterocycles. The second-order valence-electron chi connectivity index (χ2n) is 4.12. The van der Waals surface area contributed by atoms with Crippen LogP contribution in [-0.2, 0) is 6.42 Å². The van der Waals surface area contributed by atoms with E-state index < -0.39 is 0 Å². The van der Waals surface area contributed by atoms with Crippen molar-refractivity contribution in [3.8, 4) is 0 Å². The first-order chi connectivity index (χ1) is 6.77. The van der Waals surface area contributed by atoms with E-state index in [1.807, 2.05) is 12.1 Å². The third-order valence-corrected chi connectivity index (χ3v) is 3.46. The largest absolute Gasteiger partial charge is 0.313 e. The predicted octanol–water partition coefficient (Wildman–Crippen LogP) is 2.88. The first-order valence-corrected chi connectivity index (χ1v) is 5.62. The van der Waals surface area contributed by atoms with Crippen molar-refractivity contribution in [2.24, 2.45) is 5.92 Å². The quantitative estimate of drug-likeness (QED) is 0.790. The van der Waals surface area contributed by atoms with Gasteiger partial charge in [-0.1, -0.05) is 36.7 Å². The summed E-state index contributed by atoms with van der Waals surface area (Å²) in [5.74, 6) is 0.770. The Balaban J connectivity index is 2.07. The van der Waals surface area contributed by atoms with Gasteiger partial charge in [-0.15, -0.1) is 0 Å². The highest BCUT2D eigenvalue weighted by Gasteiger charge is 2.23. The molecule has 2 rings (SSSR count). The zero-order valence-electron chi connectivity index (χ0n) is 8.46. The molecule has 0 radical (unpaired) electrons. The van der Waals surface area contributed by atoms with Crippen LogP contribution in [-0.4, -0.2) is 12.6 Å². The zero-order chi connectivity index (χ0) is 9.97. The Hall–Kier alpha value is -0.530. The van der Waals surface area contributed by atoms with Crippen LogP contribution >= 0.6 is 11.6 Å². The fourth-order valence-corrected chi connectivity index (χ4v) is 2.29. The van der Waals surface area contributed by atoms with E-state index in [9.17, 15) is 0 Å². The number of nitrogens with one attached hydrogen (secondary N) is 1. The summed E-state index contributed by atoms with van der Waals surface area (Å²) in [6, 6.07) is 8.74. The highest BCUT2D eigenvalue weighted by molar-refractivity contribution is 6.31. The first kappa shape index (κ1) is 10.0. The molecule has 2 unspecified atom stereocenters. The lowest BCUT2D eigenvalue weighted by atomic mass is 9.96. The van der Waals surface area contributed by atoms with Gasteiger partial charge in [-0.25, -0.2) is 0 Å². The van der Waals surface area contributed by atoms with Gasteiger partial charge in [-0.3, -0.25) is 0 Å². The molecule has 1 aromatic rings. The van der Waals surface area contributed by atoms with E-state index in [-0.39, 0.29) is 0 Å². The molecule has 76 valence electrons. The van der Waals surface area contributed by atoms with Gasteiger partial charge in [0.05, 0.1) is 0 Å². The Labute approximate surface area is 90.5 Å². The van der Waals surface area contributed by atoms with Crippen LogP contribution in [0.15, 0.2) is 24.3 Å². The van der Waals surface area contributed by atoms with Crippen LogP contribution in [0.1, 0.15) is 18.9 Å². The van der Waals surface area contributed by atoms with Crippen LogP contribution in [0.4, 0.5) is 0 Å². The fraction of sp³-hybridized carbons (Fsp3) is 0.500. The molecule has 14 heavy (non-hydrogen) atoms. The summed E-state index contributed by atoms with van der Waals surface area (Å²) in [4.78, 5) is 0. The Kier molecular flexibility index (Phi) is 3.09. The third-order valence-electron chi connectivity index (χ3n) is 3.09. The Bertz CT molecular complexity index is 311. The van der Waals surface area contributed by atoms with Crippen molar-refractivity contribution in [1.29, 1.82) is 0 Å². The second-order valence-corrected chi connectivity index (χ2v) is 4.53. The molecule has 0 saturated carbocycles. The minimum absolute atomic E-state index is 0.606. The molecule has 0 spiro atoms. The average molecular weight is 210 g/mol. The summed E-state index contributed by atoms with van der Waals surface area (Å²) in [6.45, 7) is 3.46. The fourth-order valence-electron chi connectivity index (χ4n) is 2.07. The van der Waals surface area contributed by atoms with Gasteiger partial charge in [-0.2, -0.15) is 0 Å². The zero-order valence-corrected chi connectivity index (χ0v) is 9.22. The Morgan fingerprint density at radius 1 is 1.43 bits per heavy atom. The number of halogens is 1. The predicted molar refractivity (Wildman–Crippen MR) is 60.7 cm³/mol. The number of rotatable bonds is 2. The van der Waals surface area contributed by atoms with Crippen LogP contribution in [0, 0.1) is 5.92 Å². The lowest BCUT2D eigenvalue weighted by molar-refractivity contribution is 0.480. The Morgan fingerprint density at radius 3 is 2.86 bits per heavy atom. The normalized spacial score (nSPS) is 26.7. The molecule has 1 nitrogen and oxygen atoms in total. The standard InChI is InChI=1S/C12H16ClN/c1-9-6-7-14-12(9)8-10-4-2-3-5-11(10)13/h2-5,9,12,14H,6-8H2,1H3. The molecule has 1 N–H and O–H groups in total. The van der Waals surface area contributed by atoms with Crippen molar-refractivity contribution >= 4 is 11.6 Å². The van der Waals surface area contributed by atoms with Crippen molar-refractivity contribution in [2.75, 3.05) is 6.54 Å². The van der Waals surface area contributed by atoms with Crippen molar-refractivity contribution in [3.05, 3.63) is 34.9 Å². The highest BCUT2D eigenvalue weighted by atomic mass is 35.5. The van der Waals surface area contributed by atoms with E-state index in [1.54, 1.807) is 0 Å². The van der Waals surface area contributed by atoms with Gasteiger partial charge in [0.15, 0.2) is 0 Å². The van der Waals surface area contributed by atoms with Crippen molar-refractivity contribution in [1.82, 2.24) is 5.32 Å². The summed E-state index contributed by atoms with van der Waals surface area (Å²) >= 11 is 6.12.